The minimum absolute atomic E-state index is 0.0888. The van der Waals surface area contributed by atoms with E-state index in [2.05, 4.69) is 45.9 Å². The third-order valence-corrected chi connectivity index (χ3v) is 5.10. The topological polar surface area (TPSA) is 47.6 Å². The van der Waals surface area contributed by atoms with Crippen LogP contribution in [0.1, 0.15) is 31.7 Å². The molecule has 1 aromatic rings. The first-order valence-electron chi connectivity index (χ1n) is 9.29. The summed E-state index contributed by atoms with van der Waals surface area (Å²) in [7, 11) is 0. The number of amides is 2. The van der Waals surface area contributed by atoms with Gasteiger partial charge in [-0.25, -0.2) is 4.79 Å². The highest BCUT2D eigenvalue weighted by Crippen LogP contribution is 2.17. The lowest BCUT2D eigenvalue weighted by molar-refractivity contribution is 0.174. The van der Waals surface area contributed by atoms with E-state index in [9.17, 15) is 4.79 Å². The molecule has 1 aromatic carbocycles. The number of rotatable bonds is 5. The lowest BCUT2D eigenvalue weighted by Gasteiger charge is -2.33. The van der Waals surface area contributed by atoms with Crippen LogP contribution in [0.15, 0.2) is 30.3 Å². The molecule has 24 heavy (non-hydrogen) atoms. The van der Waals surface area contributed by atoms with Gasteiger partial charge in [-0.2, -0.15) is 0 Å². The number of piperidine rings is 1. The number of likely N-dealkylation sites (tertiary alicyclic amines) is 2. The van der Waals surface area contributed by atoms with Crippen molar-refractivity contribution in [2.45, 2.75) is 44.8 Å². The summed E-state index contributed by atoms with van der Waals surface area (Å²) in [4.78, 5) is 16.3. The van der Waals surface area contributed by atoms with Crippen LogP contribution in [-0.2, 0) is 6.54 Å². The Hall–Kier alpha value is -1.59. The van der Waals surface area contributed by atoms with Crippen molar-refractivity contribution in [1.29, 1.82) is 0 Å². The molecule has 0 saturated carbocycles. The maximum absolute atomic E-state index is 11.9. The molecular weight excluding hydrogens is 300 g/mol. The maximum atomic E-state index is 11.9. The van der Waals surface area contributed by atoms with Gasteiger partial charge in [0, 0.05) is 51.4 Å². The maximum Gasteiger partial charge on any atom is 0.317 e. The van der Waals surface area contributed by atoms with Crippen LogP contribution in [0.5, 0.6) is 0 Å². The molecule has 2 fully saturated rings. The third kappa shape index (κ3) is 4.71. The monoisotopic (exact) mass is 330 g/mol. The molecule has 0 bridgehead atoms. The highest BCUT2D eigenvalue weighted by atomic mass is 16.2. The lowest BCUT2D eigenvalue weighted by atomic mass is 10.0. The fraction of sp³-hybridized carbons (Fsp3) is 0.632. The van der Waals surface area contributed by atoms with Crippen LogP contribution >= 0.6 is 0 Å². The fourth-order valence-electron chi connectivity index (χ4n) is 3.80. The highest BCUT2D eigenvalue weighted by Gasteiger charge is 2.27. The van der Waals surface area contributed by atoms with Crippen LogP contribution in [0.2, 0.25) is 0 Å². The first kappa shape index (κ1) is 17.2. The predicted molar refractivity (Wildman–Crippen MR) is 96.9 cm³/mol. The Kier molecular flexibility index (Phi) is 6.10. The zero-order valence-electron chi connectivity index (χ0n) is 14.7. The molecule has 0 radical (unpaired) electrons. The molecule has 2 aliphatic heterocycles. The SMILES string of the molecule is CCNC(=O)N1CCC(NC2CCN(Cc3ccccc3)C2)CC1. The molecular formula is C19H30N4O. The van der Waals surface area contributed by atoms with Gasteiger partial charge in [0.1, 0.15) is 0 Å². The predicted octanol–water partition coefficient (Wildman–Crippen LogP) is 2.04. The normalized spacial score (nSPS) is 22.7. The van der Waals surface area contributed by atoms with Crippen LogP contribution in [0, 0.1) is 0 Å². The lowest BCUT2D eigenvalue weighted by Crippen LogP contribution is -2.50. The second kappa shape index (κ2) is 8.49. The first-order valence-corrected chi connectivity index (χ1v) is 9.29. The van der Waals surface area contributed by atoms with Crippen molar-refractivity contribution in [3.05, 3.63) is 35.9 Å². The molecule has 0 aliphatic carbocycles. The molecule has 2 heterocycles. The first-order chi connectivity index (χ1) is 11.7. The van der Waals surface area contributed by atoms with Gasteiger partial charge in [-0.1, -0.05) is 30.3 Å². The third-order valence-electron chi connectivity index (χ3n) is 5.10. The van der Waals surface area contributed by atoms with Gasteiger partial charge >= 0.3 is 6.03 Å². The van der Waals surface area contributed by atoms with E-state index in [-0.39, 0.29) is 6.03 Å². The summed E-state index contributed by atoms with van der Waals surface area (Å²) >= 11 is 0. The average Bonchev–Trinajstić information content (AvgIpc) is 3.03. The molecule has 2 saturated heterocycles. The molecule has 1 unspecified atom stereocenters. The van der Waals surface area contributed by atoms with E-state index in [1.807, 2.05) is 11.8 Å². The smallest absolute Gasteiger partial charge is 0.317 e. The van der Waals surface area contributed by atoms with Crippen molar-refractivity contribution in [2.75, 3.05) is 32.7 Å². The molecule has 1 atom stereocenters. The molecule has 0 aromatic heterocycles. The molecule has 2 amide bonds. The molecule has 2 N–H and O–H groups in total. The summed E-state index contributed by atoms with van der Waals surface area (Å²) in [5, 5.41) is 6.72. The van der Waals surface area contributed by atoms with Crippen LogP contribution in [0.3, 0.4) is 0 Å². The van der Waals surface area contributed by atoms with Crippen LogP contribution in [0.25, 0.3) is 0 Å². The molecule has 5 heteroatoms. The molecule has 0 spiro atoms. The number of nitrogens with one attached hydrogen (secondary N) is 2. The van der Waals surface area contributed by atoms with Crippen LogP contribution < -0.4 is 10.6 Å². The van der Waals surface area contributed by atoms with Gasteiger partial charge in [-0.15, -0.1) is 0 Å². The van der Waals surface area contributed by atoms with Gasteiger partial charge in [0.25, 0.3) is 0 Å². The van der Waals surface area contributed by atoms with E-state index in [1.165, 1.54) is 18.5 Å². The number of hydrogen-bond donors (Lipinski definition) is 2. The summed E-state index contributed by atoms with van der Waals surface area (Å²) in [5.41, 5.74) is 1.40. The van der Waals surface area contributed by atoms with E-state index in [4.69, 9.17) is 0 Å². The Labute approximate surface area is 145 Å². The van der Waals surface area contributed by atoms with Crippen molar-refractivity contribution in [2.24, 2.45) is 0 Å². The molecule has 3 rings (SSSR count). The standard InChI is InChI=1S/C19H30N4O/c1-2-20-19(24)23-12-9-17(10-13-23)21-18-8-11-22(15-18)14-16-6-4-3-5-7-16/h3-7,17-18,21H,2,8-15H2,1H3,(H,20,24). The summed E-state index contributed by atoms with van der Waals surface area (Å²) < 4.78 is 0. The van der Waals surface area contributed by atoms with Crippen molar-refractivity contribution in [3.63, 3.8) is 0 Å². The Morgan fingerprint density at radius 3 is 2.50 bits per heavy atom. The van der Waals surface area contributed by atoms with Gasteiger partial charge in [-0.3, -0.25) is 4.90 Å². The number of benzene rings is 1. The number of hydrogen-bond acceptors (Lipinski definition) is 3. The van der Waals surface area contributed by atoms with E-state index < -0.39 is 0 Å². The van der Waals surface area contributed by atoms with E-state index in [0.717, 1.165) is 39.0 Å². The highest BCUT2D eigenvalue weighted by molar-refractivity contribution is 5.74. The minimum Gasteiger partial charge on any atom is -0.338 e. The Morgan fingerprint density at radius 1 is 1.08 bits per heavy atom. The fourth-order valence-corrected chi connectivity index (χ4v) is 3.80. The number of nitrogens with zero attached hydrogens (tertiary/aromatic N) is 2. The second-order valence-corrected chi connectivity index (χ2v) is 6.97. The largest absolute Gasteiger partial charge is 0.338 e. The van der Waals surface area contributed by atoms with Crippen LogP contribution in [0.4, 0.5) is 4.79 Å². The molecule has 2 aliphatic rings. The van der Waals surface area contributed by atoms with E-state index in [0.29, 0.717) is 18.6 Å². The van der Waals surface area contributed by atoms with Crippen molar-refractivity contribution in [1.82, 2.24) is 20.4 Å². The van der Waals surface area contributed by atoms with Gasteiger partial charge in [0.05, 0.1) is 0 Å². The Balaban J connectivity index is 1.38. The van der Waals surface area contributed by atoms with Gasteiger partial charge in [0.15, 0.2) is 0 Å². The van der Waals surface area contributed by atoms with E-state index >= 15 is 0 Å². The van der Waals surface area contributed by atoms with Gasteiger partial charge in [-0.05, 0) is 31.7 Å². The second-order valence-electron chi connectivity index (χ2n) is 6.97. The summed E-state index contributed by atoms with van der Waals surface area (Å²) in [6.07, 6.45) is 3.35. The number of carbonyl (C=O) groups is 1. The van der Waals surface area contributed by atoms with Crippen LogP contribution in [-0.4, -0.2) is 60.6 Å². The van der Waals surface area contributed by atoms with Crippen molar-refractivity contribution < 1.29 is 4.79 Å². The zero-order chi connectivity index (χ0) is 16.8. The molecule has 5 nitrogen and oxygen atoms in total. The average molecular weight is 330 g/mol. The van der Waals surface area contributed by atoms with Crippen molar-refractivity contribution >= 4 is 6.03 Å². The summed E-state index contributed by atoms with van der Waals surface area (Å²) in [6.45, 7) is 7.75. The number of carbonyl (C=O) groups excluding carboxylic acids is 1. The molecule has 132 valence electrons. The van der Waals surface area contributed by atoms with Gasteiger partial charge in [0.2, 0.25) is 0 Å². The Bertz CT molecular complexity index is 513. The minimum atomic E-state index is 0.0888. The van der Waals surface area contributed by atoms with E-state index in [1.54, 1.807) is 0 Å². The van der Waals surface area contributed by atoms with Gasteiger partial charge < -0.3 is 15.5 Å². The zero-order valence-corrected chi connectivity index (χ0v) is 14.7. The number of urea groups is 1. The quantitative estimate of drug-likeness (QED) is 0.869. The Morgan fingerprint density at radius 2 is 1.79 bits per heavy atom. The summed E-state index contributed by atoms with van der Waals surface area (Å²) in [6, 6.07) is 12.0. The van der Waals surface area contributed by atoms with Crippen molar-refractivity contribution in [3.8, 4) is 0 Å². The summed E-state index contributed by atoms with van der Waals surface area (Å²) in [5.74, 6) is 0.